The van der Waals surface area contributed by atoms with Gasteiger partial charge in [-0.15, -0.1) is 0 Å². The maximum absolute atomic E-state index is 13.6. The molecular weight excluding hydrogens is 651 g/mol. The molecule has 0 unspecified atom stereocenters. The minimum absolute atomic E-state index is 0.0951. The van der Waals surface area contributed by atoms with Gasteiger partial charge in [-0.25, -0.2) is 17.4 Å². The minimum atomic E-state index is -3.99. The molecule has 1 atom stereocenters. The second kappa shape index (κ2) is 13.2. The summed E-state index contributed by atoms with van der Waals surface area (Å²) >= 11 is 0. The molecule has 0 spiro atoms. The Bertz CT molecular complexity index is 2400. The van der Waals surface area contributed by atoms with Gasteiger partial charge in [0, 0.05) is 68.0 Å². The predicted molar refractivity (Wildman–Crippen MR) is 196 cm³/mol. The van der Waals surface area contributed by atoms with Gasteiger partial charge in [0.05, 0.1) is 28.8 Å². The largest absolute Gasteiger partial charge is 0.494 e. The average Bonchev–Trinajstić information content (AvgIpc) is 3.58. The fourth-order valence-corrected chi connectivity index (χ4v) is 7.93. The van der Waals surface area contributed by atoms with E-state index >= 15 is 0 Å². The molecule has 0 saturated carbocycles. The van der Waals surface area contributed by atoms with Crippen molar-refractivity contribution in [3.63, 3.8) is 0 Å². The molecule has 11 heteroatoms. The second-order valence-corrected chi connectivity index (χ2v) is 14.8. The SMILES string of the molecule is Cc1ccc(S(=O)(=O)n2ccc3c(-c4ccc5nc(-c6ccc(OCCCN7CCN(C)C(=O)[C@H]7C)cc6)ccc5c4)cn(C)c(=O)c32)cc1. The molecule has 1 aliphatic rings. The molecular formula is C39H39N5O5S. The lowest BCUT2D eigenvalue weighted by Gasteiger charge is -2.37. The van der Waals surface area contributed by atoms with E-state index in [-0.39, 0.29) is 22.4 Å². The zero-order valence-corrected chi connectivity index (χ0v) is 29.4. The van der Waals surface area contributed by atoms with Gasteiger partial charge in [0.1, 0.15) is 11.3 Å². The monoisotopic (exact) mass is 689 g/mol. The number of likely N-dealkylation sites (N-methyl/N-ethyl adjacent to an activating group) is 1. The maximum Gasteiger partial charge on any atom is 0.275 e. The Kier molecular flexibility index (Phi) is 8.79. The zero-order valence-electron chi connectivity index (χ0n) is 28.5. The smallest absolute Gasteiger partial charge is 0.275 e. The van der Waals surface area contributed by atoms with E-state index < -0.39 is 15.6 Å². The highest BCUT2D eigenvalue weighted by molar-refractivity contribution is 7.90. The highest BCUT2D eigenvalue weighted by Gasteiger charge is 2.28. The van der Waals surface area contributed by atoms with Gasteiger partial charge in [-0.2, -0.15) is 0 Å². The van der Waals surface area contributed by atoms with Gasteiger partial charge in [0.15, 0.2) is 0 Å². The number of ether oxygens (including phenoxy) is 1. The number of carbonyl (C=O) groups excluding carboxylic acids is 1. The number of hydrogen-bond acceptors (Lipinski definition) is 7. The summed E-state index contributed by atoms with van der Waals surface area (Å²) in [6, 6.07) is 26.0. The van der Waals surface area contributed by atoms with E-state index in [9.17, 15) is 18.0 Å². The van der Waals surface area contributed by atoms with Gasteiger partial charge in [-0.1, -0.05) is 29.8 Å². The van der Waals surface area contributed by atoms with Gasteiger partial charge in [0.2, 0.25) is 5.91 Å². The van der Waals surface area contributed by atoms with Gasteiger partial charge in [-0.3, -0.25) is 14.5 Å². The summed E-state index contributed by atoms with van der Waals surface area (Å²) in [7, 11) is -0.506. The number of piperazine rings is 1. The third-order valence-electron chi connectivity index (χ3n) is 9.58. The number of fused-ring (bicyclic) bond motifs is 2. The molecule has 0 bridgehead atoms. The highest BCUT2D eigenvalue weighted by Crippen LogP contribution is 2.32. The highest BCUT2D eigenvalue weighted by atomic mass is 32.2. The minimum Gasteiger partial charge on any atom is -0.494 e. The van der Waals surface area contributed by atoms with E-state index in [2.05, 4.69) is 4.90 Å². The summed E-state index contributed by atoms with van der Waals surface area (Å²) in [5.41, 5.74) is 4.83. The summed E-state index contributed by atoms with van der Waals surface area (Å²) in [6.07, 6.45) is 4.03. The molecule has 0 aliphatic carbocycles. The van der Waals surface area contributed by atoms with Crippen LogP contribution in [-0.2, 0) is 21.9 Å². The fourth-order valence-electron chi connectivity index (χ4n) is 6.58. The topological polar surface area (TPSA) is 107 Å². The van der Waals surface area contributed by atoms with Crippen LogP contribution in [0.5, 0.6) is 5.75 Å². The number of pyridine rings is 2. The fraction of sp³-hybridized carbons (Fsp3) is 0.256. The number of benzene rings is 3. The molecule has 1 amide bonds. The molecule has 6 aromatic rings. The third-order valence-corrected chi connectivity index (χ3v) is 11.3. The lowest BCUT2D eigenvalue weighted by molar-refractivity contribution is -0.139. The van der Waals surface area contributed by atoms with Crippen molar-refractivity contribution in [3.8, 4) is 28.1 Å². The number of hydrogen-bond donors (Lipinski definition) is 0. The number of amides is 1. The van der Waals surface area contributed by atoms with Crippen LogP contribution >= 0.6 is 0 Å². The van der Waals surface area contributed by atoms with Crippen LogP contribution in [0.4, 0.5) is 0 Å². The van der Waals surface area contributed by atoms with E-state index in [0.717, 1.165) is 74.6 Å². The van der Waals surface area contributed by atoms with E-state index in [1.165, 1.54) is 10.8 Å². The maximum atomic E-state index is 13.6. The van der Waals surface area contributed by atoms with Crippen LogP contribution in [0.15, 0.2) is 107 Å². The molecule has 10 nitrogen and oxygen atoms in total. The Hall–Kier alpha value is -5.26. The van der Waals surface area contributed by atoms with Crippen LogP contribution in [-0.4, -0.2) is 77.0 Å². The third kappa shape index (κ3) is 6.18. The molecule has 0 radical (unpaired) electrons. The van der Waals surface area contributed by atoms with Crippen LogP contribution in [0.2, 0.25) is 0 Å². The summed E-state index contributed by atoms with van der Waals surface area (Å²) in [6.45, 7) is 6.88. The summed E-state index contributed by atoms with van der Waals surface area (Å²) in [5, 5.41) is 1.47. The molecule has 1 aliphatic heterocycles. The summed E-state index contributed by atoms with van der Waals surface area (Å²) in [4.78, 5) is 34.6. The first-order valence-corrected chi connectivity index (χ1v) is 18.1. The summed E-state index contributed by atoms with van der Waals surface area (Å²) < 4.78 is 35.7. The van der Waals surface area contributed by atoms with Crippen molar-refractivity contribution in [2.24, 2.45) is 7.05 Å². The Morgan fingerprint density at radius 2 is 1.62 bits per heavy atom. The van der Waals surface area contributed by atoms with Crippen LogP contribution in [0.1, 0.15) is 18.9 Å². The summed E-state index contributed by atoms with van der Waals surface area (Å²) in [5.74, 6) is 0.951. The van der Waals surface area contributed by atoms with Crippen molar-refractivity contribution < 1.29 is 17.9 Å². The molecule has 50 heavy (non-hydrogen) atoms. The number of aryl methyl sites for hydroxylation is 2. The van der Waals surface area contributed by atoms with Gasteiger partial charge in [0.25, 0.3) is 15.6 Å². The number of aromatic nitrogens is 3. The number of rotatable bonds is 9. The van der Waals surface area contributed by atoms with Crippen molar-refractivity contribution in [2.75, 3.05) is 33.3 Å². The Morgan fingerprint density at radius 1 is 0.880 bits per heavy atom. The Morgan fingerprint density at radius 3 is 2.38 bits per heavy atom. The van der Waals surface area contributed by atoms with Crippen molar-refractivity contribution in [1.82, 2.24) is 23.3 Å². The Balaban J connectivity index is 1.08. The lowest BCUT2D eigenvalue weighted by Crippen LogP contribution is -2.54. The van der Waals surface area contributed by atoms with Crippen molar-refractivity contribution >= 4 is 37.7 Å². The van der Waals surface area contributed by atoms with Crippen molar-refractivity contribution in [3.05, 3.63) is 113 Å². The number of carbonyl (C=O) groups is 1. The van der Waals surface area contributed by atoms with Gasteiger partial charge >= 0.3 is 0 Å². The van der Waals surface area contributed by atoms with E-state index in [1.807, 2.05) is 75.5 Å². The van der Waals surface area contributed by atoms with Crippen LogP contribution in [0.25, 0.3) is 44.2 Å². The lowest BCUT2D eigenvalue weighted by atomic mass is 10.0. The first-order chi connectivity index (χ1) is 24.0. The van der Waals surface area contributed by atoms with Gasteiger partial charge < -0.3 is 14.2 Å². The molecule has 0 N–H and O–H groups in total. The quantitative estimate of drug-likeness (QED) is 0.179. The molecule has 3 aromatic heterocycles. The first-order valence-electron chi connectivity index (χ1n) is 16.7. The zero-order chi connectivity index (χ0) is 35.2. The van der Waals surface area contributed by atoms with E-state index in [1.54, 1.807) is 48.5 Å². The predicted octanol–water partition coefficient (Wildman–Crippen LogP) is 5.70. The van der Waals surface area contributed by atoms with Crippen LogP contribution < -0.4 is 10.3 Å². The second-order valence-electron chi connectivity index (χ2n) is 13.0. The van der Waals surface area contributed by atoms with Crippen LogP contribution in [0, 0.1) is 6.92 Å². The molecule has 3 aromatic carbocycles. The molecule has 1 fully saturated rings. The van der Waals surface area contributed by atoms with E-state index in [4.69, 9.17) is 9.72 Å². The molecule has 7 rings (SSSR count). The normalized spacial score (nSPS) is 15.6. The molecule has 256 valence electrons. The number of nitrogens with zero attached hydrogens (tertiary/aromatic N) is 5. The van der Waals surface area contributed by atoms with Crippen LogP contribution in [0.3, 0.4) is 0 Å². The van der Waals surface area contributed by atoms with Crippen molar-refractivity contribution in [1.29, 1.82) is 0 Å². The molecule has 4 heterocycles. The van der Waals surface area contributed by atoms with Gasteiger partial charge in [-0.05, 0) is 86.5 Å². The Labute approximate surface area is 291 Å². The van der Waals surface area contributed by atoms with E-state index in [0.29, 0.717) is 12.0 Å². The average molecular weight is 690 g/mol. The first kappa shape index (κ1) is 33.2. The van der Waals surface area contributed by atoms with Crippen molar-refractivity contribution in [2.45, 2.75) is 31.2 Å². The standard InChI is InChI=1S/C39H39N5O5S/c1-26-6-14-32(15-7-26)50(47,48)44-20-18-33-34(25-42(4)39(46)37(33)44)29-10-16-36-30(24-29)11-17-35(40-36)28-8-12-31(13-9-28)49-23-5-19-43-22-21-41(3)38(45)27(43)2/h6-18,20,24-25,27H,5,19,21-23H2,1-4H3/t27-/m1/s1. The molecule has 1 saturated heterocycles.